The molecule has 1 aliphatic heterocycles. The number of aromatic nitrogens is 3. The lowest BCUT2D eigenvalue weighted by Gasteiger charge is -2.25. The average molecular weight is 492 g/mol. The zero-order valence-electron chi connectivity index (χ0n) is 18.2. The Hall–Kier alpha value is -3.12. The smallest absolute Gasteiger partial charge is 0.277 e. The van der Waals surface area contributed by atoms with Gasteiger partial charge in [-0.3, -0.25) is 4.79 Å². The van der Waals surface area contributed by atoms with Crippen molar-refractivity contribution in [3.05, 3.63) is 41.7 Å². The third kappa shape index (κ3) is 4.34. The predicted octanol–water partition coefficient (Wildman–Crippen LogP) is 3.72. The molecule has 12 heteroatoms. The number of nitrogens with one attached hydrogen (secondary N) is 1. The lowest BCUT2D eigenvalue weighted by Crippen LogP contribution is -2.32. The van der Waals surface area contributed by atoms with Crippen molar-refractivity contribution in [2.24, 2.45) is 5.73 Å². The second kappa shape index (κ2) is 8.91. The molecule has 2 aromatic heterocycles. The zero-order valence-corrected chi connectivity index (χ0v) is 19.0. The minimum atomic E-state index is -1.10. The normalized spacial score (nSPS) is 20.9. The highest BCUT2D eigenvalue weighted by molar-refractivity contribution is 7.19. The van der Waals surface area contributed by atoms with Gasteiger partial charge in [0.05, 0.1) is 24.3 Å². The summed E-state index contributed by atoms with van der Waals surface area (Å²) >= 11 is 0.821. The van der Waals surface area contributed by atoms with Gasteiger partial charge in [-0.1, -0.05) is 17.4 Å². The number of anilines is 3. The van der Waals surface area contributed by atoms with Crippen molar-refractivity contribution < 1.29 is 18.0 Å². The van der Waals surface area contributed by atoms with Crippen LogP contribution in [-0.4, -0.2) is 46.0 Å². The molecule has 0 spiro atoms. The van der Waals surface area contributed by atoms with Gasteiger partial charge in [0.15, 0.2) is 11.5 Å². The van der Waals surface area contributed by atoms with Crippen molar-refractivity contribution in [3.8, 4) is 10.6 Å². The van der Waals surface area contributed by atoms with E-state index in [1.54, 1.807) is 0 Å². The summed E-state index contributed by atoms with van der Waals surface area (Å²) in [6, 6.07) is 3.42. The van der Waals surface area contributed by atoms with E-state index in [2.05, 4.69) is 15.4 Å². The number of carbonyl (C=O) groups excluding carboxylic acids is 1. The van der Waals surface area contributed by atoms with Crippen molar-refractivity contribution in [1.82, 2.24) is 14.8 Å². The molecule has 0 unspecified atom stereocenters. The maximum absolute atomic E-state index is 14.5. The average Bonchev–Trinajstić information content (AvgIpc) is 3.47. The number of hydrogen-bond donors (Lipinski definition) is 3. The van der Waals surface area contributed by atoms with E-state index in [0.29, 0.717) is 24.5 Å². The van der Waals surface area contributed by atoms with Gasteiger partial charge in [-0.2, -0.15) is 5.10 Å². The fourth-order valence-electron chi connectivity index (χ4n) is 4.20. The first-order valence-corrected chi connectivity index (χ1v) is 11.9. The third-order valence-corrected chi connectivity index (χ3v) is 6.90. The van der Waals surface area contributed by atoms with Crippen LogP contribution in [0.15, 0.2) is 24.4 Å². The molecule has 1 amide bonds. The van der Waals surface area contributed by atoms with Crippen LogP contribution in [0.3, 0.4) is 0 Å². The van der Waals surface area contributed by atoms with Crippen LogP contribution < -0.4 is 21.7 Å². The van der Waals surface area contributed by atoms with Gasteiger partial charge in [-0.05, 0) is 37.8 Å². The van der Waals surface area contributed by atoms with Crippen molar-refractivity contribution in [2.75, 3.05) is 29.0 Å². The van der Waals surface area contributed by atoms with Crippen molar-refractivity contribution in [2.45, 2.75) is 43.9 Å². The van der Waals surface area contributed by atoms with E-state index < -0.39 is 23.7 Å². The Balaban J connectivity index is 1.44. The predicted molar refractivity (Wildman–Crippen MR) is 125 cm³/mol. The van der Waals surface area contributed by atoms with Gasteiger partial charge < -0.3 is 21.7 Å². The Kier molecular flexibility index (Phi) is 5.94. The molecule has 0 bridgehead atoms. The summed E-state index contributed by atoms with van der Waals surface area (Å²) in [6.07, 6.45) is 3.21. The number of nitrogen functional groups attached to an aromatic ring is 1. The monoisotopic (exact) mass is 491 g/mol. The lowest BCUT2D eigenvalue weighted by molar-refractivity contribution is 0.102. The summed E-state index contributed by atoms with van der Waals surface area (Å²) in [6.45, 7) is 0.670. The second-order valence-electron chi connectivity index (χ2n) is 8.67. The highest BCUT2D eigenvalue weighted by Crippen LogP contribution is 2.41. The van der Waals surface area contributed by atoms with E-state index in [1.807, 2.05) is 9.58 Å². The van der Waals surface area contributed by atoms with E-state index in [4.69, 9.17) is 11.5 Å². The molecule has 0 radical (unpaired) electrons. The third-order valence-electron chi connectivity index (χ3n) is 6.00. The number of halogens is 3. The molecule has 180 valence electrons. The second-order valence-corrected chi connectivity index (χ2v) is 9.70. The summed E-state index contributed by atoms with van der Waals surface area (Å²) in [5.41, 5.74) is 11.9. The Morgan fingerprint density at radius 1 is 1.21 bits per heavy atom. The van der Waals surface area contributed by atoms with Crippen molar-refractivity contribution >= 4 is 33.8 Å². The molecule has 34 heavy (non-hydrogen) atoms. The molecule has 5 rings (SSSR count). The molecular weight excluding hydrogens is 467 g/mol. The van der Waals surface area contributed by atoms with Crippen LogP contribution in [0.1, 0.15) is 42.2 Å². The quantitative estimate of drug-likeness (QED) is 0.501. The largest absolute Gasteiger partial charge is 0.389 e. The summed E-state index contributed by atoms with van der Waals surface area (Å²) in [4.78, 5) is 19.1. The van der Waals surface area contributed by atoms with Gasteiger partial charge in [0.1, 0.15) is 33.5 Å². The van der Waals surface area contributed by atoms with Crippen LogP contribution in [0.25, 0.3) is 10.6 Å². The molecule has 2 aliphatic rings. The maximum atomic E-state index is 14.5. The molecule has 8 nitrogen and oxygen atoms in total. The number of hydrogen-bond acceptors (Lipinski definition) is 7. The number of alkyl halides is 1. The summed E-state index contributed by atoms with van der Waals surface area (Å²) < 4.78 is 44.7. The number of nitrogens with two attached hydrogens (primary N) is 2. The van der Waals surface area contributed by atoms with Crippen molar-refractivity contribution in [3.63, 3.8) is 0 Å². The fraction of sp³-hybridized carbons (Fsp3) is 0.409. The molecule has 1 aromatic carbocycles. The number of thiazole rings is 1. The first-order chi connectivity index (χ1) is 16.3. The Morgan fingerprint density at radius 3 is 2.65 bits per heavy atom. The molecule has 2 atom stereocenters. The highest BCUT2D eigenvalue weighted by Gasteiger charge is 2.33. The molecular formula is C22H24F3N7OS. The number of amides is 1. The van der Waals surface area contributed by atoms with E-state index in [-0.39, 0.29) is 46.3 Å². The molecule has 1 saturated heterocycles. The molecule has 1 aliphatic carbocycles. The maximum Gasteiger partial charge on any atom is 0.277 e. The zero-order chi connectivity index (χ0) is 24.0. The van der Waals surface area contributed by atoms with Crippen LogP contribution in [0.2, 0.25) is 0 Å². The molecule has 1 saturated carbocycles. The standard InChI is InChI=1S/C22H24F3N7OS/c23-11-8-12(26)6-7-31(10-11)22-16(9-28-32(22)13-4-5-13)29-20(33)18-19(27)34-21(30-18)17-14(24)2-1-3-15(17)25/h1-3,9,11-13H,4-8,10,26-27H2,(H,29,33)/t11-,12+/m0/s1. The SMILES string of the molecule is Nc1sc(-c2c(F)cccc2F)nc1C(=O)Nc1cnn(C2CC2)c1N1CC[C@@H](N)C[C@H](F)C1. The molecule has 3 aromatic rings. The minimum Gasteiger partial charge on any atom is -0.389 e. The van der Waals surface area contributed by atoms with E-state index >= 15 is 0 Å². The van der Waals surface area contributed by atoms with Crippen LogP contribution in [0.5, 0.6) is 0 Å². The molecule has 3 heterocycles. The van der Waals surface area contributed by atoms with E-state index in [1.165, 1.54) is 12.3 Å². The minimum absolute atomic E-state index is 0.0239. The topological polar surface area (TPSA) is 115 Å². The fourth-order valence-corrected chi connectivity index (χ4v) is 5.07. The Labute approximate surface area is 197 Å². The Bertz CT molecular complexity index is 1210. The van der Waals surface area contributed by atoms with Gasteiger partial charge in [0, 0.05) is 12.6 Å². The van der Waals surface area contributed by atoms with E-state index in [9.17, 15) is 18.0 Å². The highest BCUT2D eigenvalue weighted by atomic mass is 32.1. The lowest BCUT2D eigenvalue weighted by atomic mass is 10.1. The van der Waals surface area contributed by atoms with Crippen LogP contribution in [0.4, 0.5) is 29.7 Å². The molecule has 2 fully saturated rings. The van der Waals surface area contributed by atoms with E-state index in [0.717, 1.165) is 36.3 Å². The van der Waals surface area contributed by atoms with Gasteiger partial charge in [-0.15, -0.1) is 0 Å². The number of rotatable bonds is 5. The summed E-state index contributed by atoms with van der Waals surface area (Å²) in [7, 11) is 0. The number of carbonyl (C=O) groups is 1. The first-order valence-electron chi connectivity index (χ1n) is 11.1. The number of benzene rings is 1. The first kappa shape index (κ1) is 22.7. The van der Waals surface area contributed by atoms with Gasteiger partial charge in [0.2, 0.25) is 0 Å². The Morgan fingerprint density at radius 2 is 1.94 bits per heavy atom. The van der Waals surface area contributed by atoms with Crippen LogP contribution in [-0.2, 0) is 0 Å². The van der Waals surface area contributed by atoms with Gasteiger partial charge in [-0.25, -0.2) is 22.8 Å². The summed E-state index contributed by atoms with van der Waals surface area (Å²) in [5, 5.41) is 7.19. The summed E-state index contributed by atoms with van der Waals surface area (Å²) in [5.74, 6) is -1.62. The van der Waals surface area contributed by atoms with Crippen LogP contribution >= 0.6 is 11.3 Å². The molecule has 5 N–H and O–H groups in total. The van der Waals surface area contributed by atoms with Crippen molar-refractivity contribution in [1.29, 1.82) is 0 Å². The van der Waals surface area contributed by atoms with Crippen LogP contribution in [0, 0.1) is 11.6 Å². The van der Waals surface area contributed by atoms with Gasteiger partial charge in [0.25, 0.3) is 5.91 Å². The van der Waals surface area contributed by atoms with Gasteiger partial charge >= 0.3 is 0 Å². The number of nitrogens with zero attached hydrogens (tertiary/aromatic N) is 4.